The molecule has 0 unspecified atom stereocenters. The standard InChI is InChI=1S/C17H18N4OS2/c1-12-4-6-13(7-5-12)16-19-20-17(23)21(16)11-15(22)18-9-8-14-3-2-10-24-14/h2-7,10H,8-9,11H2,1H3,(H,18,22)(H,20,23). The van der Waals surface area contributed by atoms with E-state index in [-0.39, 0.29) is 12.5 Å². The second kappa shape index (κ2) is 7.55. The van der Waals surface area contributed by atoms with E-state index in [1.807, 2.05) is 42.6 Å². The lowest BCUT2D eigenvalue weighted by Crippen LogP contribution is -2.29. The van der Waals surface area contributed by atoms with Crippen molar-refractivity contribution in [3.05, 3.63) is 57.0 Å². The van der Waals surface area contributed by atoms with Crippen molar-refractivity contribution >= 4 is 29.5 Å². The first kappa shape index (κ1) is 16.6. The monoisotopic (exact) mass is 358 g/mol. The molecule has 0 aliphatic rings. The van der Waals surface area contributed by atoms with Crippen molar-refractivity contribution in [3.63, 3.8) is 0 Å². The van der Waals surface area contributed by atoms with Crippen molar-refractivity contribution in [1.29, 1.82) is 0 Å². The Hall–Kier alpha value is -2.25. The Balaban J connectivity index is 1.66. The predicted octanol–water partition coefficient (Wildman–Crippen LogP) is 3.34. The molecule has 0 radical (unpaired) electrons. The quantitative estimate of drug-likeness (QED) is 0.664. The van der Waals surface area contributed by atoms with Gasteiger partial charge < -0.3 is 5.32 Å². The van der Waals surface area contributed by atoms with Crippen LogP contribution in [0.3, 0.4) is 0 Å². The molecular formula is C17H18N4OS2. The summed E-state index contributed by atoms with van der Waals surface area (Å²) in [6.07, 6.45) is 0.838. The Kier molecular flexibility index (Phi) is 5.22. The summed E-state index contributed by atoms with van der Waals surface area (Å²) in [6, 6.07) is 12.1. The Morgan fingerprint density at radius 3 is 2.83 bits per heavy atom. The Labute approximate surface area is 149 Å². The fraction of sp³-hybridized carbons (Fsp3) is 0.235. The summed E-state index contributed by atoms with van der Waals surface area (Å²) in [5.41, 5.74) is 2.10. The molecule has 2 N–H and O–H groups in total. The molecule has 3 rings (SSSR count). The molecule has 2 aromatic heterocycles. The van der Waals surface area contributed by atoms with E-state index in [1.54, 1.807) is 15.9 Å². The van der Waals surface area contributed by atoms with Crippen molar-refractivity contribution in [2.75, 3.05) is 6.54 Å². The number of aromatic nitrogens is 3. The maximum atomic E-state index is 12.2. The largest absolute Gasteiger partial charge is 0.354 e. The molecule has 0 fully saturated rings. The molecule has 0 aliphatic heterocycles. The van der Waals surface area contributed by atoms with Crippen molar-refractivity contribution in [2.45, 2.75) is 19.9 Å². The number of hydrogen-bond donors (Lipinski definition) is 2. The number of carbonyl (C=O) groups is 1. The summed E-state index contributed by atoms with van der Waals surface area (Å²) in [5, 5.41) is 12.0. The number of rotatable bonds is 6. The van der Waals surface area contributed by atoms with Crippen LogP contribution in [-0.4, -0.2) is 27.2 Å². The van der Waals surface area contributed by atoms with E-state index < -0.39 is 0 Å². The molecular weight excluding hydrogens is 340 g/mol. The summed E-state index contributed by atoms with van der Waals surface area (Å²) in [6.45, 7) is 2.80. The van der Waals surface area contributed by atoms with Crippen LogP contribution >= 0.6 is 23.6 Å². The van der Waals surface area contributed by atoms with E-state index in [4.69, 9.17) is 12.2 Å². The third-order valence-corrected chi connectivity index (χ3v) is 4.89. The van der Waals surface area contributed by atoms with Gasteiger partial charge in [0, 0.05) is 17.0 Å². The first-order chi connectivity index (χ1) is 11.6. The highest BCUT2D eigenvalue weighted by Gasteiger charge is 2.12. The van der Waals surface area contributed by atoms with Gasteiger partial charge >= 0.3 is 0 Å². The number of H-pyrrole nitrogens is 1. The van der Waals surface area contributed by atoms with Gasteiger partial charge in [0.2, 0.25) is 5.91 Å². The summed E-state index contributed by atoms with van der Waals surface area (Å²) < 4.78 is 2.17. The Bertz CT molecular complexity index is 863. The molecule has 0 atom stereocenters. The van der Waals surface area contributed by atoms with Gasteiger partial charge in [0.05, 0.1) is 0 Å². The zero-order valence-corrected chi connectivity index (χ0v) is 14.9. The molecule has 124 valence electrons. The average molecular weight is 358 g/mol. The molecule has 0 bridgehead atoms. The normalized spacial score (nSPS) is 10.7. The summed E-state index contributed by atoms with van der Waals surface area (Å²) in [4.78, 5) is 13.5. The number of nitrogens with zero attached hydrogens (tertiary/aromatic N) is 2. The fourth-order valence-electron chi connectivity index (χ4n) is 2.37. The first-order valence-electron chi connectivity index (χ1n) is 7.65. The van der Waals surface area contributed by atoms with E-state index in [0.717, 1.165) is 12.0 Å². The van der Waals surface area contributed by atoms with Crippen LogP contribution in [0.5, 0.6) is 0 Å². The van der Waals surface area contributed by atoms with Crippen LogP contribution in [0.1, 0.15) is 10.4 Å². The van der Waals surface area contributed by atoms with Gasteiger partial charge in [-0.2, -0.15) is 5.10 Å². The minimum Gasteiger partial charge on any atom is -0.354 e. The van der Waals surface area contributed by atoms with Crippen molar-refractivity contribution in [1.82, 2.24) is 20.1 Å². The molecule has 0 saturated heterocycles. The third-order valence-electron chi connectivity index (χ3n) is 3.64. The molecule has 0 saturated carbocycles. The van der Waals surface area contributed by atoms with Gasteiger partial charge in [0.1, 0.15) is 6.54 Å². The van der Waals surface area contributed by atoms with Crippen LogP contribution in [0, 0.1) is 11.7 Å². The van der Waals surface area contributed by atoms with E-state index in [1.165, 1.54) is 10.4 Å². The SMILES string of the molecule is Cc1ccc(-c2n[nH]c(=S)n2CC(=O)NCCc2cccs2)cc1. The number of aryl methyl sites for hydroxylation is 1. The maximum Gasteiger partial charge on any atom is 0.240 e. The van der Waals surface area contributed by atoms with Gasteiger partial charge in [0.15, 0.2) is 10.6 Å². The fourth-order valence-corrected chi connectivity index (χ4v) is 3.27. The zero-order valence-electron chi connectivity index (χ0n) is 13.3. The summed E-state index contributed by atoms with van der Waals surface area (Å²) >= 11 is 6.96. The Morgan fingerprint density at radius 2 is 2.12 bits per heavy atom. The van der Waals surface area contributed by atoms with Crippen LogP contribution in [0.15, 0.2) is 41.8 Å². The molecule has 1 aromatic carbocycles. The first-order valence-corrected chi connectivity index (χ1v) is 8.93. The van der Waals surface area contributed by atoms with E-state index in [9.17, 15) is 4.79 Å². The van der Waals surface area contributed by atoms with Gasteiger partial charge in [-0.25, -0.2) is 0 Å². The average Bonchev–Trinajstić information content (AvgIpc) is 3.20. The second-order valence-corrected chi connectivity index (χ2v) is 6.90. The van der Waals surface area contributed by atoms with Crippen LogP contribution < -0.4 is 5.32 Å². The number of thiophene rings is 1. The highest BCUT2D eigenvalue weighted by atomic mass is 32.1. The van der Waals surface area contributed by atoms with Gasteiger partial charge in [-0.3, -0.25) is 14.5 Å². The van der Waals surface area contributed by atoms with Crippen LogP contribution in [-0.2, 0) is 17.8 Å². The highest BCUT2D eigenvalue weighted by Crippen LogP contribution is 2.17. The summed E-state index contributed by atoms with van der Waals surface area (Å²) in [7, 11) is 0. The third kappa shape index (κ3) is 3.98. The zero-order chi connectivity index (χ0) is 16.9. The van der Waals surface area contributed by atoms with Gasteiger partial charge in [0.25, 0.3) is 0 Å². The predicted molar refractivity (Wildman–Crippen MR) is 98.6 cm³/mol. The molecule has 3 aromatic rings. The maximum absolute atomic E-state index is 12.2. The number of amides is 1. The number of aromatic amines is 1. The molecule has 0 spiro atoms. The number of nitrogens with one attached hydrogen (secondary N) is 2. The smallest absolute Gasteiger partial charge is 0.240 e. The van der Waals surface area contributed by atoms with Crippen molar-refractivity contribution < 1.29 is 4.79 Å². The van der Waals surface area contributed by atoms with Gasteiger partial charge in [-0.1, -0.05) is 35.9 Å². The topological polar surface area (TPSA) is 62.7 Å². The second-order valence-electron chi connectivity index (χ2n) is 5.48. The number of hydrogen-bond acceptors (Lipinski definition) is 4. The van der Waals surface area contributed by atoms with Crippen molar-refractivity contribution in [2.24, 2.45) is 0 Å². The Morgan fingerprint density at radius 1 is 1.33 bits per heavy atom. The minimum atomic E-state index is -0.0718. The lowest BCUT2D eigenvalue weighted by atomic mass is 10.1. The molecule has 0 aliphatic carbocycles. The van der Waals surface area contributed by atoms with Crippen LogP contribution in [0.25, 0.3) is 11.4 Å². The lowest BCUT2D eigenvalue weighted by Gasteiger charge is -2.08. The number of benzene rings is 1. The van der Waals surface area contributed by atoms with E-state index >= 15 is 0 Å². The summed E-state index contributed by atoms with van der Waals surface area (Å²) in [5.74, 6) is 0.603. The molecule has 1 amide bonds. The lowest BCUT2D eigenvalue weighted by molar-refractivity contribution is -0.121. The molecule has 24 heavy (non-hydrogen) atoms. The van der Waals surface area contributed by atoms with Gasteiger partial charge in [-0.05, 0) is 37.0 Å². The van der Waals surface area contributed by atoms with Crippen LogP contribution in [0.2, 0.25) is 0 Å². The van der Waals surface area contributed by atoms with E-state index in [0.29, 0.717) is 17.1 Å². The van der Waals surface area contributed by atoms with Crippen molar-refractivity contribution in [3.8, 4) is 11.4 Å². The van der Waals surface area contributed by atoms with E-state index in [2.05, 4.69) is 21.6 Å². The minimum absolute atomic E-state index is 0.0718. The highest BCUT2D eigenvalue weighted by molar-refractivity contribution is 7.71. The molecule has 7 heteroatoms. The molecule has 2 heterocycles. The van der Waals surface area contributed by atoms with Crippen LogP contribution in [0.4, 0.5) is 0 Å². The molecule has 5 nitrogen and oxygen atoms in total. The van der Waals surface area contributed by atoms with Gasteiger partial charge in [-0.15, -0.1) is 11.3 Å². The number of carbonyl (C=O) groups excluding carboxylic acids is 1.